The molecule has 0 atom stereocenters. The Balaban J connectivity index is 1.74. The van der Waals surface area contributed by atoms with E-state index in [1.807, 2.05) is 0 Å². The number of hydrogen-bond donors (Lipinski definition) is 1. The average molecular weight is 293 g/mol. The standard InChI is InChI=1S/C15H11N5O2/c16-9-5-6-12-17-18-13(19(12)7-9)8-20-14(21)10-3-1-2-4-11(10)15(20)22/h1-7H,8,16H2. The molecule has 0 bridgehead atoms. The van der Waals surface area contributed by atoms with Crippen molar-refractivity contribution in [3.63, 3.8) is 0 Å². The van der Waals surface area contributed by atoms with Crippen LogP contribution in [0.25, 0.3) is 5.65 Å². The molecule has 1 aliphatic rings. The molecule has 1 aliphatic heterocycles. The number of carbonyl (C=O) groups is 2. The first kappa shape index (κ1) is 12.5. The van der Waals surface area contributed by atoms with Crippen molar-refractivity contribution < 1.29 is 9.59 Å². The Morgan fingerprint density at radius 1 is 0.955 bits per heavy atom. The predicted octanol–water partition coefficient (Wildman–Crippen LogP) is 1.11. The fourth-order valence-electron chi connectivity index (χ4n) is 2.59. The highest BCUT2D eigenvalue weighted by Gasteiger charge is 2.35. The van der Waals surface area contributed by atoms with Gasteiger partial charge in [0.05, 0.1) is 17.7 Å². The summed E-state index contributed by atoms with van der Waals surface area (Å²) < 4.78 is 1.68. The minimum atomic E-state index is -0.318. The molecule has 0 aliphatic carbocycles. The van der Waals surface area contributed by atoms with Gasteiger partial charge in [0.2, 0.25) is 0 Å². The lowest BCUT2D eigenvalue weighted by molar-refractivity contribution is 0.0638. The summed E-state index contributed by atoms with van der Waals surface area (Å²) in [5.74, 6) is -0.153. The highest BCUT2D eigenvalue weighted by molar-refractivity contribution is 6.21. The maximum absolute atomic E-state index is 12.4. The van der Waals surface area contributed by atoms with Crippen LogP contribution in [0.2, 0.25) is 0 Å². The van der Waals surface area contributed by atoms with Crippen molar-refractivity contribution in [1.82, 2.24) is 19.5 Å². The smallest absolute Gasteiger partial charge is 0.261 e. The summed E-state index contributed by atoms with van der Waals surface area (Å²) >= 11 is 0. The van der Waals surface area contributed by atoms with E-state index in [9.17, 15) is 9.59 Å². The summed E-state index contributed by atoms with van der Waals surface area (Å²) in [4.78, 5) is 25.9. The fourth-order valence-corrected chi connectivity index (χ4v) is 2.59. The number of fused-ring (bicyclic) bond motifs is 2. The van der Waals surface area contributed by atoms with Crippen LogP contribution in [-0.4, -0.2) is 31.3 Å². The first-order chi connectivity index (χ1) is 10.6. The first-order valence-electron chi connectivity index (χ1n) is 6.69. The quantitative estimate of drug-likeness (QED) is 0.714. The molecule has 108 valence electrons. The van der Waals surface area contributed by atoms with Gasteiger partial charge in [0.25, 0.3) is 11.8 Å². The van der Waals surface area contributed by atoms with Gasteiger partial charge >= 0.3 is 0 Å². The summed E-state index contributed by atoms with van der Waals surface area (Å²) in [5.41, 5.74) is 7.76. The highest BCUT2D eigenvalue weighted by Crippen LogP contribution is 2.24. The molecule has 3 aromatic rings. The van der Waals surface area contributed by atoms with E-state index in [0.717, 1.165) is 0 Å². The number of anilines is 1. The first-order valence-corrected chi connectivity index (χ1v) is 6.69. The normalized spacial score (nSPS) is 13.9. The van der Waals surface area contributed by atoms with Gasteiger partial charge < -0.3 is 5.73 Å². The summed E-state index contributed by atoms with van der Waals surface area (Å²) in [6, 6.07) is 10.2. The molecule has 22 heavy (non-hydrogen) atoms. The highest BCUT2D eigenvalue weighted by atomic mass is 16.2. The largest absolute Gasteiger partial charge is 0.398 e. The van der Waals surface area contributed by atoms with Crippen molar-refractivity contribution in [1.29, 1.82) is 0 Å². The van der Waals surface area contributed by atoms with E-state index >= 15 is 0 Å². The molecule has 0 saturated carbocycles. The minimum absolute atomic E-state index is 0.0525. The van der Waals surface area contributed by atoms with Crippen molar-refractivity contribution >= 4 is 23.1 Å². The van der Waals surface area contributed by atoms with Crippen molar-refractivity contribution in [3.05, 3.63) is 59.5 Å². The molecule has 2 aromatic heterocycles. The second kappa shape index (κ2) is 4.39. The van der Waals surface area contributed by atoms with Crippen LogP contribution in [0.1, 0.15) is 26.5 Å². The zero-order valence-electron chi connectivity index (χ0n) is 11.4. The van der Waals surface area contributed by atoms with Crippen LogP contribution >= 0.6 is 0 Å². The summed E-state index contributed by atoms with van der Waals surface area (Å²) in [6.07, 6.45) is 1.67. The molecule has 3 heterocycles. The second-order valence-electron chi connectivity index (χ2n) is 5.05. The van der Waals surface area contributed by atoms with E-state index in [1.54, 1.807) is 47.0 Å². The second-order valence-corrected chi connectivity index (χ2v) is 5.05. The molecule has 0 unspecified atom stereocenters. The van der Waals surface area contributed by atoms with Crippen LogP contribution < -0.4 is 5.73 Å². The summed E-state index contributed by atoms with van der Waals surface area (Å²) in [6.45, 7) is 0.0525. The van der Waals surface area contributed by atoms with Gasteiger partial charge in [0.15, 0.2) is 11.5 Å². The Morgan fingerprint density at radius 2 is 1.64 bits per heavy atom. The van der Waals surface area contributed by atoms with Crippen LogP contribution in [0, 0.1) is 0 Å². The molecule has 0 saturated heterocycles. The molecule has 2 amide bonds. The van der Waals surface area contributed by atoms with Crippen LogP contribution in [0.15, 0.2) is 42.6 Å². The number of hydrogen-bond acceptors (Lipinski definition) is 5. The zero-order chi connectivity index (χ0) is 15.3. The lowest BCUT2D eigenvalue weighted by Crippen LogP contribution is -2.30. The topological polar surface area (TPSA) is 93.6 Å². The lowest BCUT2D eigenvalue weighted by Gasteiger charge is -2.12. The van der Waals surface area contributed by atoms with Crippen LogP contribution in [0.3, 0.4) is 0 Å². The molecule has 2 N–H and O–H groups in total. The van der Waals surface area contributed by atoms with E-state index in [4.69, 9.17) is 5.73 Å². The monoisotopic (exact) mass is 293 g/mol. The molecule has 0 radical (unpaired) electrons. The molecule has 0 fully saturated rings. The SMILES string of the molecule is Nc1ccc2nnc(CN3C(=O)c4ccccc4C3=O)n2c1. The van der Waals surface area contributed by atoms with Crippen molar-refractivity contribution in [2.24, 2.45) is 0 Å². The van der Waals surface area contributed by atoms with Gasteiger partial charge in [-0.1, -0.05) is 12.1 Å². The van der Waals surface area contributed by atoms with Gasteiger partial charge in [-0.25, -0.2) is 0 Å². The number of pyridine rings is 1. The molecular formula is C15H11N5O2. The summed E-state index contributed by atoms with van der Waals surface area (Å²) in [7, 11) is 0. The van der Waals surface area contributed by atoms with Gasteiger partial charge in [-0.3, -0.25) is 18.9 Å². The zero-order valence-corrected chi connectivity index (χ0v) is 11.4. The number of imide groups is 1. The Bertz CT molecular complexity index is 896. The average Bonchev–Trinajstić information content (AvgIpc) is 3.03. The number of rotatable bonds is 2. The minimum Gasteiger partial charge on any atom is -0.398 e. The Kier molecular flexibility index (Phi) is 2.50. The number of carbonyl (C=O) groups excluding carboxylic acids is 2. The Labute approximate surface area is 125 Å². The Hall–Kier alpha value is -3.22. The maximum Gasteiger partial charge on any atom is 0.261 e. The molecule has 7 heteroatoms. The van der Waals surface area contributed by atoms with Crippen LogP contribution in [-0.2, 0) is 6.54 Å². The van der Waals surface area contributed by atoms with Gasteiger partial charge in [0, 0.05) is 11.9 Å². The molecule has 1 aromatic carbocycles. The Morgan fingerprint density at radius 3 is 2.32 bits per heavy atom. The van der Waals surface area contributed by atoms with E-state index in [1.165, 1.54) is 4.90 Å². The number of nitrogens with two attached hydrogens (primary N) is 1. The van der Waals surface area contributed by atoms with Crippen LogP contribution in [0.4, 0.5) is 5.69 Å². The van der Waals surface area contributed by atoms with E-state index in [2.05, 4.69) is 10.2 Å². The number of amides is 2. The van der Waals surface area contributed by atoms with E-state index < -0.39 is 0 Å². The fraction of sp³-hybridized carbons (Fsp3) is 0.0667. The third kappa shape index (κ3) is 1.69. The summed E-state index contributed by atoms with van der Waals surface area (Å²) in [5, 5.41) is 8.05. The number of benzene rings is 1. The maximum atomic E-state index is 12.4. The van der Waals surface area contributed by atoms with Crippen LogP contribution in [0.5, 0.6) is 0 Å². The van der Waals surface area contributed by atoms with Gasteiger partial charge in [-0.05, 0) is 24.3 Å². The lowest BCUT2D eigenvalue weighted by atomic mass is 10.1. The van der Waals surface area contributed by atoms with Crippen molar-refractivity contribution in [3.8, 4) is 0 Å². The van der Waals surface area contributed by atoms with Gasteiger partial charge in [0.1, 0.15) is 0 Å². The van der Waals surface area contributed by atoms with Crippen molar-refractivity contribution in [2.75, 3.05) is 5.73 Å². The molecule has 0 spiro atoms. The number of nitrogens with zero attached hydrogens (tertiary/aromatic N) is 4. The molecular weight excluding hydrogens is 282 g/mol. The van der Waals surface area contributed by atoms with E-state index in [-0.39, 0.29) is 18.4 Å². The van der Waals surface area contributed by atoms with Gasteiger partial charge in [-0.15, -0.1) is 10.2 Å². The van der Waals surface area contributed by atoms with E-state index in [0.29, 0.717) is 28.3 Å². The molecule has 4 rings (SSSR count). The number of nitrogen functional groups attached to an aromatic ring is 1. The third-order valence-corrected chi connectivity index (χ3v) is 3.67. The van der Waals surface area contributed by atoms with Crippen molar-refractivity contribution in [2.45, 2.75) is 6.54 Å². The third-order valence-electron chi connectivity index (χ3n) is 3.67. The molecule has 7 nitrogen and oxygen atoms in total. The van der Waals surface area contributed by atoms with Gasteiger partial charge in [-0.2, -0.15) is 0 Å². The number of aromatic nitrogens is 3. The predicted molar refractivity (Wildman–Crippen MR) is 78.0 cm³/mol.